The van der Waals surface area contributed by atoms with E-state index < -0.39 is 15.9 Å². The van der Waals surface area contributed by atoms with Gasteiger partial charge in [0, 0.05) is 18.8 Å². The number of nitrogens with zero attached hydrogens (tertiary/aromatic N) is 2. The zero-order valence-corrected chi connectivity index (χ0v) is 18.7. The van der Waals surface area contributed by atoms with Crippen LogP contribution in [0, 0.1) is 0 Å². The number of anilines is 2. The summed E-state index contributed by atoms with van der Waals surface area (Å²) in [5.41, 5.74) is 0.973. The summed E-state index contributed by atoms with van der Waals surface area (Å²) >= 11 is 0. The number of carbonyl (C=O) groups excluding carboxylic acids is 2. The summed E-state index contributed by atoms with van der Waals surface area (Å²) in [6.07, 6.45) is -0.361. The number of hydrogen-bond donors (Lipinski definition) is 1. The lowest BCUT2D eigenvalue weighted by atomic mass is 10.2. The third-order valence-electron chi connectivity index (χ3n) is 5.27. The molecule has 1 fully saturated rings. The van der Waals surface area contributed by atoms with E-state index in [-0.39, 0.29) is 36.2 Å². The number of nitrogens with one attached hydrogen (secondary N) is 1. The number of amides is 2. The van der Waals surface area contributed by atoms with Crippen molar-refractivity contribution in [2.45, 2.75) is 31.0 Å². The average molecular weight is 460 g/mol. The van der Waals surface area contributed by atoms with Crippen molar-refractivity contribution >= 4 is 33.2 Å². The fraction of sp³-hybridized carbons (Fsp3) is 0.364. The number of para-hydroxylation sites is 2. The molecular formula is C22H25N3O6S. The van der Waals surface area contributed by atoms with Crippen LogP contribution in [0.4, 0.5) is 11.4 Å². The van der Waals surface area contributed by atoms with Gasteiger partial charge < -0.3 is 14.8 Å². The van der Waals surface area contributed by atoms with Crippen LogP contribution in [0.25, 0.3) is 0 Å². The third kappa shape index (κ3) is 4.62. The Morgan fingerprint density at radius 3 is 2.41 bits per heavy atom. The maximum Gasteiger partial charge on any atom is 0.265 e. The van der Waals surface area contributed by atoms with E-state index in [9.17, 15) is 18.0 Å². The van der Waals surface area contributed by atoms with Crippen LogP contribution in [-0.2, 0) is 24.3 Å². The molecule has 2 aliphatic rings. The Morgan fingerprint density at radius 1 is 1.06 bits per heavy atom. The van der Waals surface area contributed by atoms with Gasteiger partial charge in [0.05, 0.1) is 22.8 Å². The van der Waals surface area contributed by atoms with Gasteiger partial charge in [-0.05, 0) is 50.2 Å². The molecule has 2 aromatic carbocycles. The quantitative estimate of drug-likeness (QED) is 0.732. The van der Waals surface area contributed by atoms with Crippen LogP contribution in [0.1, 0.15) is 13.8 Å². The molecule has 1 N–H and O–H groups in total. The molecule has 0 aromatic heterocycles. The standard InChI is InChI=1S/C22H25N3O6S/c1-15-11-24(12-16(2)31-15)32(28,29)18-9-7-17(8-10-18)23-21(26)13-25-19-5-3-4-6-20(19)30-14-22(25)27/h3-10,15-16H,11-14H2,1-2H3,(H,23,26)/t15-,16-/m0/s1. The van der Waals surface area contributed by atoms with E-state index >= 15 is 0 Å². The van der Waals surface area contributed by atoms with Crippen molar-refractivity contribution in [2.24, 2.45) is 0 Å². The van der Waals surface area contributed by atoms with Crippen LogP contribution in [-0.4, -0.2) is 63.0 Å². The van der Waals surface area contributed by atoms with Gasteiger partial charge >= 0.3 is 0 Å². The molecule has 0 radical (unpaired) electrons. The smallest absolute Gasteiger partial charge is 0.265 e. The minimum absolute atomic E-state index is 0.129. The van der Waals surface area contributed by atoms with E-state index in [1.165, 1.54) is 33.5 Å². The largest absolute Gasteiger partial charge is 0.482 e. The second kappa shape index (κ2) is 8.89. The molecule has 10 heteroatoms. The summed E-state index contributed by atoms with van der Waals surface area (Å²) in [5.74, 6) is -0.169. The minimum Gasteiger partial charge on any atom is -0.482 e. The molecular weight excluding hydrogens is 434 g/mol. The van der Waals surface area contributed by atoms with Crippen LogP contribution in [0.5, 0.6) is 5.75 Å². The Kier molecular flexibility index (Phi) is 6.18. The number of sulfonamides is 1. The third-order valence-corrected chi connectivity index (χ3v) is 7.12. The number of ether oxygens (including phenoxy) is 2. The first-order chi connectivity index (χ1) is 15.2. The van der Waals surface area contributed by atoms with E-state index in [1.54, 1.807) is 24.3 Å². The van der Waals surface area contributed by atoms with Gasteiger partial charge in [-0.25, -0.2) is 8.42 Å². The highest BCUT2D eigenvalue weighted by atomic mass is 32.2. The molecule has 2 aliphatic heterocycles. The second-order valence-electron chi connectivity index (χ2n) is 7.89. The Morgan fingerprint density at radius 2 is 1.72 bits per heavy atom. The highest BCUT2D eigenvalue weighted by Gasteiger charge is 2.32. The molecule has 4 rings (SSSR count). The molecule has 0 unspecified atom stereocenters. The molecule has 2 amide bonds. The first-order valence-electron chi connectivity index (χ1n) is 10.3. The lowest BCUT2D eigenvalue weighted by Gasteiger charge is -2.34. The molecule has 0 bridgehead atoms. The number of benzene rings is 2. The topological polar surface area (TPSA) is 105 Å². The maximum absolute atomic E-state index is 13.0. The van der Waals surface area contributed by atoms with Crippen molar-refractivity contribution in [2.75, 3.05) is 36.5 Å². The van der Waals surface area contributed by atoms with Crippen LogP contribution >= 0.6 is 0 Å². The Hall–Kier alpha value is -2.95. The average Bonchev–Trinajstić information content (AvgIpc) is 2.75. The van der Waals surface area contributed by atoms with Gasteiger partial charge in [-0.15, -0.1) is 0 Å². The summed E-state index contributed by atoms with van der Waals surface area (Å²) in [4.78, 5) is 26.3. The summed E-state index contributed by atoms with van der Waals surface area (Å²) in [5, 5.41) is 2.71. The molecule has 2 atom stereocenters. The van der Waals surface area contributed by atoms with Crippen molar-refractivity contribution in [1.29, 1.82) is 0 Å². The Labute approximate surface area is 187 Å². The zero-order chi connectivity index (χ0) is 22.9. The highest BCUT2D eigenvalue weighted by Crippen LogP contribution is 2.31. The molecule has 0 saturated carbocycles. The predicted octanol–water partition coefficient (Wildman–Crippen LogP) is 1.85. The monoisotopic (exact) mass is 459 g/mol. The first kappa shape index (κ1) is 22.3. The van der Waals surface area contributed by atoms with Crippen molar-refractivity contribution in [3.05, 3.63) is 48.5 Å². The SMILES string of the molecule is C[C@H]1CN(S(=O)(=O)c2ccc(NC(=O)CN3C(=O)COc4ccccc43)cc2)C[C@H](C)O1. The van der Waals surface area contributed by atoms with Gasteiger partial charge in [0.25, 0.3) is 5.91 Å². The van der Waals surface area contributed by atoms with Crippen LogP contribution in [0.15, 0.2) is 53.4 Å². The van der Waals surface area contributed by atoms with Gasteiger partial charge in [0.2, 0.25) is 15.9 Å². The summed E-state index contributed by atoms with van der Waals surface area (Å²) in [7, 11) is -3.66. The molecule has 0 aliphatic carbocycles. The van der Waals surface area contributed by atoms with Gasteiger partial charge in [-0.2, -0.15) is 4.31 Å². The summed E-state index contributed by atoms with van der Waals surface area (Å²) < 4.78 is 38.3. The maximum atomic E-state index is 13.0. The second-order valence-corrected chi connectivity index (χ2v) is 9.83. The van der Waals surface area contributed by atoms with E-state index in [4.69, 9.17) is 9.47 Å². The van der Waals surface area contributed by atoms with E-state index in [0.29, 0.717) is 30.2 Å². The molecule has 0 spiro atoms. The summed E-state index contributed by atoms with van der Waals surface area (Å²) in [6, 6.07) is 13.0. The van der Waals surface area contributed by atoms with Crippen LogP contribution in [0.3, 0.4) is 0 Å². The zero-order valence-electron chi connectivity index (χ0n) is 17.9. The fourth-order valence-corrected chi connectivity index (χ4v) is 5.45. The van der Waals surface area contributed by atoms with Crippen molar-refractivity contribution in [3.8, 4) is 5.75 Å². The first-order valence-corrected chi connectivity index (χ1v) is 11.8. The van der Waals surface area contributed by atoms with Gasteiger partial charge in [-0.3, -0.25) is 14.5 Å². The fourth-order valence-electron chi connectivity index (χ4n) is 3.86. The Balaban J connectivity index is 1.43. The number of rotatable bonds is 5. The number of hydrogen-bond acceptors (Lipinski definition) is 6. The van der Waals surface area contributed by atoms with Crippen molar-refractivity contribution < 1.29 is 27.5 Å². The van der Waals surface area contributed by atoms with E-state index in [0.717, 1.165) is 0 Å². The van der Waals surface area contributed by atoms with Gasteiger partial charge in [0.15, 0.2) is 6.61 Å². The molecule has 170 valence electrons. The number of carbonyl (C=O) groups is 2. The number of fused-ring (bicyclic) bond motifs is 1. The molecule has 2 heterocycles. The van der Waals surface area contributed by atoms with Crippen LogP contribution in [0.2, 0.25) is 0 Å². The normalized spacial score (nSPS) is 21.6. The predicted molar refractivity (Wildman–Crippen MR) is 118 cm³/mol. The number of morpholine rings is 1. The van der Waals surface area contributed by atoms with Crippen LogP contribution < -0.4 is 15.0 Å². The van der Waals surface area contributed by atoms with Crippen molar-refractivity contribution in [1.82, 2.24) is 4.31 Å². The van der Waals surface area contributed by atoms with Crippen molar-refractivity contribution in [3.63, 3.8) is 0 Å². The van der Waals surface area contributed by atoms with Gasteiger partial charge in [0.1, 0.15) is 12.3 Å². The lowest BCUT2D eigenvalue weighted by molar-refractivity contribution is -0.123. The molecule has 32 heavy (non-hydrogen) atoms. The molecule has 9 nitrogen and oxygen atoms in total. The molecule has 2 aromatic rings. The van der Waals surface area contributed by atoms with Gasteiger partial charge in [-0.1, -0.05) is 12.1 Å². The van der Waals surface area contributed by atoms with E-state index in [1.807, 2.05) is 13.8 Å². The highest BCUT2D eigenvalue weighted by molar-refractivity contribution is 7.89. The molecule has 1 saturated heterocycles. The minimum atomic E-state index is -3.66. The Bertz CT molecular complexity index is 1110. The van der Waals surface area contributed by atoms with E-state index in [2.05, 4.69) is 5.32 Å². The summed E-state index contributed by atoms with van der Waals surface area (Å²) in [6.45, 7) is 3.96. The lowest BCUT2D eigenvalue weighted by Crippen LogP contribution is -2.48.